The molecule has 2 nitrogen and oxygen atoms in total. The van der Waals surface area contributed by atoms with Crippen LogP contribution in [0.1, 0.15) is 12.0 Å². The van der Waals surface area contributed by atoms with Crippen molar-refractivity contribution in [2.75, 3.05) is 19.3 Å². The molecule has 82 valence electrons. The maximum Gasteiger partial charge on any atom is 0.149 e. The monoisotopic (exact) mass is 212 g/mol. The molecule has 0 spiro atoms. The molecule has 1 aromatic carbocycles. The van der Waals surface area contributed by atoms with E-state index in [4.69, 9.17) is 5.73 Å². The summed E-state index contributed by atoms with van der Waals surface area (Å²) in [6, 6.07) is 1.99. The molecule has 0 amide bonds. The summed E-state index contributed by atoms with van der Waals surface area (Å²) in [4.78, 5) is 0. The first-order valence-electron chi connectivity index (χ1n) is 4.71. The highest BCUT2D eigenvalue weighted by molar-refractivity contribution is 5.64. The van der Waals surface area contributed by atoms with Gasteiger partial charge >= 0.3 is 0 Å². The van der Waals surface area contributed by atoms with Gasteiger partial charge in [0.25, 0.3) is 0 Å². The molecule has 0 aliphatic rings. The molecule has 0 bridgehead atoms. The smallest absolute Gasteiger partial charge is 0.149 e. The van der Waals surface area contributed by atoms with Crippen LogP contribution in [0.3, 0.4) is 0 Å². The van der Waals surface area contributed by atoms with Gasteiger partial charge in [-0.15, -0.1) is 0 Å². The van der Waals surface area contributed by atoms with Crippen LogP contribution in [0.2, 0.25) is 0 Å². The third-order valence-electron chi connectivity index (χ3n) is 1.98. The third-order valence-corrected chi connectivity index (χ3v) is 1.98. The average molecular weight is 212 g/mol. The molecule has 0 aliphatic heterocycles. The Morgan fingerprint density at radius 2 is 2.13 bits per heavy atom. The maximum absolute atomic E-state index is 13.0. The zero-order chi connectivity index (χ0) is 11.3. The van der Waals surface area contributed by atoms with Crippen LogP contribution in [-0.4, -0.2) is 13.6 Å². The molecule has 0 aliphatic carbocycles. The lowest BCUT2D eigenvalue weighted by molar-refractivity contribution is 0.586. The second kappa shape index (κ2) is 5.46. The summed E-state index contributed by atoms with van der Waals surface area (Å²) >= 11 is 0. The minimum absolute atomic E-state index is 0.0166. The van der Waals surface area contributed by atoms with Crippen molar-refractivity contribution in [2.45, 2.75) is 6.42 Å². The first kappa shape index (κ1) is 11.7. The first-order valence-corrected chi connectivity index (χ1v) is 4.71. The van der Waals surface area contributed by atoms with Crippen LogP contribution < -0.4 is 11.1 Å². The Bertz CT molecular complexity index is 362. The first-order chi connectivity index (χ1) is 7.15. The van der Waals surface area contributed by atoms with Crippen LogP contribution in [-0.2, 0) is 0 Å². The second-order valence-corrected chi connectivity index (χ2v) is 3.19. The average Bonchev–Trinajstić information content (AvgIpc) is 2.19. The van der Waals surface area contributed by atoms with Crippen LogP contribution in [0.15, 0.2) is 18.2 Å². The molecule has 0 saturated carbocycles. The lowest BCUT2D eigenvalue weighted by Crippen LogP contribution is -2.05. The van der Waals surface area contributed by atoms with Crippen molar-refractivity contribution in [3.63, 3.8) is 0 Å². The molecular formula is C11H14F2N2. The number of rotatable bonds is 4. The predicted molar refractivity (Wildman–Crippen MR) is 58.3 cm³/mol. The molecule has 1 rings (SSSR count). The largest absolute Gasteiger partial charge is 0.396 e. The molecule has 0 aromatic heterocycles. The number of nitrogens with two attached hydrogens (primary N) is 1. The van der Waals surface area contributed by atoms with Crippen LogP contribution in [0.4, 0.5) is 14.5 Å². The maximum atomic E-state index is 13.0. The highest BCUT2D eigenvalue weighted by Crippen LogP contribution is 2.19. The van der Waals surface area contributed by atoms with Crippen LogP contribution in [0.5, 0.6) is 0 Å². The van der Waals surface area contributed by atoms with Gasteiger partial charge in [-0.1, -0.05) is 12.2 Å². The van der Waals surface area contributed by atoms with E-state index in [2.05, 4.69) is 5.32 Å². The van der Waals surface area contributed by atoms with Gasteiger partial charge < -0.3 is 11.1 Å². The Labute approximate surface area is 87.8 Å². The van der Waals surface area contributed by atoms with Crippen molar-refractivity contribution < 1.29 is 8.78 Å². The summed E-state index contributed by atoms with van der Waals surface area (Å²) in [6.07, 6.45) is 4.23. The fourth-order valence-electron chi connectivity index (χ4n) is 1.18. The molecule has 1 aromatic rings. The topological polar surface area (TPSA) is 38.0 Å². The number of benzene rings is 1. The number of hydrogen-bond donors (Lipinski definition) is 2. The molecule has 0 saturated heterocycles. The number of nitrogen functional groups attached to an aromatic ring is 1. The summed E-state index contributed by atoms with van der Waals surface area (Å²) in [5, 5.41) is 2.96. The van der Waals surface area contributed by atoms with E-state index in [1.54, 1.807) is 6.08 Å². The van der Waals surface area contributed by atoms with Gasteiger partial charge in [0, 0.05) is 11.6 Å². The summed E-state index contributed by atoms with van der Waals surface area (Å²) in [6.45, 7) is 0.814. The zero-order valence-electron chi connectivity index (χ0n) is 8.56. The lowest BCUT2D eigenvalue weighted by Gasteiger charge is -2.02. The summed E-state index contributed by atoms with van der Waals surface area (Å²) < 4.78 is 25.8. The molecule has 3 N–H and O–H groups in total. The molecule has 0 radical (unpaired) electrons. The standard InChI is InChI=1S/C11H14F2N2/c1-15-5-3-2-4-8-6-9(12)7-10(13)11(8)14/h2,4,6-7,15H,3,5,14H2,1H3. The van der Waals surface area contributed by atoms with E-state index in [-0.39, 0.29) is 5.69 Å². The predicted octanol–water partition coefficient (Wildman–Crippen LogP) is 2.17. The van der Waals surface area contributed by atoms with Crippen molar-refractivity contribution in [3.8, 4) is 0 Å². The van der Waals surface area contributed by atoms with E-state index in [1.165, 1.54) is 6.07 Å². The van der Waals surface area contributed by atoms with E-state index in [0.29, 0.717) is 5.56 Å². The summed E-state index contributed by atoms with van der Waals surface area (Å²) in [5.41, 5.74) is 5.82. The van der Waals surface area contributed by atoms with E-state index < -0.39 is 11.6 Å². The minimum Gasteiger partial charge on any atom is -0.396 e. The van der Waals surface area contributed by atoms with Crippen molar-refractivity contribution in [2.24, 2.45) is 0 Å². The van der Waals surface area contributed by atoms with Gasteiger partial charge in [-0.3, -0.25) is 0 Å². The second-order valence-electron chi connectivity index (χ2n) is 3.19. The molecule has 0 heterocycles. The normalized spacial score (nSPS) is 11.1. The van der Waals surface area contributed by atoms with Gasteiger partial charge in [0.15, 0.2) is 0 Å². The van der Waals surface area contributed by atoms with Gasteiger partial charge in [-0.05, 0) is 26.1 Å². The minimum atomic E-state index is -0.719. The van der Waals surface area contributed by atoms with Crippen molar-refractivity contribution in [1.82, 2.24) is 5.32 Å². The van der Waals surface area contributed by atoms with Crippen molar-refractivity contribution >= 4 is 11.8 Å². The number of halogens is 2. The fraction of sp³-hybridized carbons (Fsp3) is 0.273. The molecule has 15 heavy (non-hydrogen) atoms. The lowest BCUT2D eigenvalue weighted by atomic mass is 10.1. The quantitative estimate of drug-likeness (QED) is 0.593. The Balaban J connectivity index is 2.80. The number of nitrogens with one attached hydrogen (secondary N) is 1. The highest BCUT2D eigenvalue weighted by atomic mass is 19.1. The van der Waals surface area contributed by atoms with Crippen LogP contribution in [0.25, 0.3) is 6.08 Å². The highest BCUT2D eigenvalue weighted by Gasteiger charge is 2.04. The van der Waals surface area contributed by atoms with E-state index >= 15 is 0 Å². The zero-order valence-corrected chi connectivity index (χ0v) is 8.56. The Hall–Kier alpha value is -1.42. The van der Waals surface area contributed by atoms with Crippen molar-refractivity contribution in [3.05, 3.63) is 35.4 Å². The fourth-order valence-corrected chi connectivity index (χ4v) is 1.18. The van der Waals surface area contributed by atoms with Crippen LogP contribution in [0, 0.1) is 11.6 Å². The van der Waals surface area contributed by atoms with E-state index in [0.717, 1.165) is 19.0 Å². The Morgan fingerprint density at radius 1 is 1.40 bits per heavy atom. The third kappa shape index (κ3) is 3.32. The number of hydrogen-bond acceptors (Lipinski definition) is 2. The Kier molecular flexibility index (Phi) is 4.24. The summed E-state index contributed by atoms with van der Waals surface area (Å²) in [7, 11) is 1.84. The SMILES string of the molecule is CNCCC=Cc1cc(F)cc(F)c1N. The molecule has 4 heteroatoms. The van der Waals surface area contributed by atoms with Crippen molar-refractivity contribution in [1.29, 1.82) is 0 Å². The van der Waals surface area contributed by atoms with E-state index in [1.807, 2.05) is 13.1 Å². The van der Waals surface area contributed by atoms with E-state index in [9.17, 15) is 8.78 Å². The molecule has 0 unspecified atom stereocenters. The van der Waals surface area contributed by atoms with Gasteiger partial charge in [0.05, 0.1) is 5.69 Å². The molecule has 0 fully saturated rings. The molecular weight excluding hydrogens is 198 g/mol. The van der Waals surface area contributed by atoms with Gasteiger partial charge in [0.2, 0.25) is 0 Å². The van der Waals surface area contributed by atoms with Gasteiger partial charge in [-0.2, -0.15) is 0 Å². The summed E-state index contributed by atoms with van der Waals surface area (Å²) in [5.74, 6) is -1.33. The van der Waals surface area contributed by atoms with Crippen LogP contribution >= 0.6 is 0 Å². The van der Waals surface area contributed by atoms with Gasteiger partial charge in [0.1, 0.15) is 11.6 Å². The van der Waals surface area contributed by atoms with Gasteiger partial charge in [-0.25, -0.2) is 8.78 Å². The number of anilines is 1. The Morgan fingerprint density at radius 3 is 2.80 bits per heavy atom. The molecule has 0 atom stereocenters.